The van der Waals surface area contributed by atoms with Crippen molar-refractivity contribution in [3.8, 4) is 137 Å². The van der Waals surface area contributed by atoms with Crippen molar-refractivity contribution in [1.82, 2.24) is 94.7 Å². The molecule has 624 valence electrons. The van der Waals surface area contributed by atoms with Crippen LogP contribution in [0.2, 0.25) is 0 Å². The minimum absolute atomic E-state index is 0.472. The van der Waals surface area contributed by atoms with E-state index < -0.39 is 0 Å². The third-order valence-corrected chi connectivity index (χ3v) is 24.2. The van der Waals surface area contributed by atoms with E-state index in [0.717, 1.165) is 144 Å². The highest BCUT2D eigenvalue weighted by Crippen LogP contribution is 2.43. The molecule has 0 fully saturated rings. The summed E-state index contributed by atoms with van der Waals surface area (Å²) in [5.41, 5.74) is 14.8. The van der Waals surface area contributed by atoms with Crippen LogP contribution in [-0.2, 0) is 0 Å². The highest BCUT2D eigenvalue weighted by atomic mass is 15.1. The maximum atomic E-state index is 5.14. The summed E-state index contributed by atoms with van der Waals surface area (Å²) < 4.78 is 0. The molecule has 13 aromatic carbocycles. The fourth-order valence-corrected chi connectivity index (χ4v) is 17.8. The Bertz CT molecular complexity index is 8470. The molecule has 19 heteroatoms. The summed E-state index contributed by atoms with van der Waals surface area (Å²) >= 11 is 0. The Kier molecular flexibility index (Phi) is 20.0. The Labute approximate surface area is 765 Å². The molecule has 26 aromatic rings. The predicted molar refractivity (Wildman–Crippen MR) is 535 cm³/mol. The van der Waals surface area contributed by atoms with E-state index in [0.29, 0.717) is 63.8 Å². The molecule has 13 heterocycles. The van der Waals surface area contributed by atoms with Crippen molar-refractivity contribution in [3.05, 3.63) is 420 Å². The van der Waals surface area contributed by atoms with Crippen LogP contribution in [0, 0.1) is 0 Å². The Balaban J connectivity index is 0.000000111. The summed E-state index contributed by atoms with van der Waals surface area (Å²) in [5, 5.41) is 21.7. The van der Waals surface area contributed by atoms with Crippen LogP contribution in [0.1, 0.15) is 0 Å². The van der Waals surface area contributed by atoms with Gasteiger partial charge in [-0.05, 0) is 157 Å². The van der Waals surface area contributed by atoms with Crippen molar-refractivity contribution in [2.24, 2.45) is 0 Å². The van der Waals surface area contributed by atoms with E-state index in [9.17, 15) is 0 Å². The second-order valence-corrected chi connectivity index (χ2v) is 32.2. The van der Waals surface area contributed by atoms with Gasteiger partial charge in [-0.15, -0.1) is 0 Å². The van der Waals surface area contributed by atoms with Crippen LogP contribution in [0.5, 0.6) is 0 Å². The molecule has 19 nitrogen and oxygen atoms in total. The number of rotatable bonds is 12. The van der Waals surface area contributed by atoms with E-state index in [1.807, 2.05) is 121 Å². The van der Waals surface area contributed by atoms with E-state index in [1.165, 1.54) is 48.5 Å². The van der Waals surface area contributed by atoms with E-state index >= 15 is 0 Å². The first-order valence-corrected chi connectivity index (χ1v) is 43.8. The molecule has 0 unspecified atom stereocenters. The number of para-hydroxylation sites is 3. The zero-order chi connectivity index (χ0) is 88.8. The topological polar surface area (TPSA) is 245 Å². The molecule has 0 radical (unpaired) electrons. The SMILES string of the molecule is c1ccc(-c2nc(-c3ccc(-c4nc5ccccc5c5c4ccc4ccccc45)nc3)nc(-c3ccccn3)n2)nc1.c1ccc2c(-c3nc(-c4ccc(-c5nc6ccccc6c6c5ccc5ccccc56)nc4)nc(-c4cccc5ccccc45)n3)cccc2c1.c1cncc(-c2nc(-c3cccnc3)nc(-c3ccc(-c4nc5ccccc5c5c4ccc4ccccc45)nc3)n2)c1. The Morgan fingerprint density at radius 3 is 0.754 bits per heavy atom. The lowest BCUT2D eigenvalue weighted by molar-refractivity contribution is 1.04. The summed E-state index contributed by atoms with van der Waals surface area (Å²) in [6.45, 7) is 0. The van der Waals surface area contributed by atoms with E-state index in [4.69, 9.17) is 69.8 Å². The number of fused-ring (bicyclic) bond motifs is 17. The predicted octanol–water partition coefficient (Wildman–Crippen LogP) is 26.3. The highest BCUT2D eigenvalue weighted by molar-refractivity contribution is 6.25. The van der Waals surface area contributed by atoms with Gasteiger partial charge in [0.15, 0.2) is 52.4 Å². The number of hydrogen-bond donors (Lipinski definition) is 0. The maximum absolute atomic E-state index is 5.14. The quantitative estimate of drug-likeness (QED) is 0.103. The smallest absolute Gasteiger partial charge is 0.182 e. The summed E-state index contributed by atoms with van der Waals surface area (Å²) in [7, 11) is 0. The van der Waals surface area contributed by atoms with Gasteiger partial charge in [-0.25, -0.2) is 59.8 Å². The lowest BCUT2D eigenvalue weighted by Gasteiger charge is -2.13. The van der Waals surface area contributed by atoms with E-state index in [-0.39, 0.29) is 0 Å². The molecule has 0 amide bonds. The van der Waals surface area contributed by atoms with E-state index in [2.05, 4.69) is 274 Å². The molecule has 0 aliphatic carbocycles. The minimum atomic E-state index is 0.472. The molecular weight excluding hydrogens is 1650 g/mol. The fourth-order valence-electron chi connectivity index (χ4n) is 17.8. The molecule has 0 saturated heterocycles. The van der Waals surface area contributed by atoms with Gasteiger partial charge in [0, 0.05) is 143 Å². The summed E-state index contributed by atoms with van der Waals surface area (Å²) in [5.74, 6) is 4.82. The second-order valence-electron chi connectivity index (χ2n) is 32.2. The molecule has 0 bridgehead atoms. The average Bonchev–Trinajstić information content (AvgIpc) is 0.745. The number of pyridine rings is 10. The van der Waals surface area contributed by atoms with Crippen molar-refractivity contribution >= 4 is 119 Å². The molecule has 134 heavy (non-hydrogen) atoms. The van der Waals surface area contributed by atoms with Crippen molar-refractivity contribution in [2.75, 3.05) is 0 Å². The zero-order valence-electron chi connectivity index (χ0n) is 71.3. The third-order valence-electron chi connectivity index (χ3n) is 24.2. The van der Waals surface area contributed by atoms with Gasteiger partial charge in [0.2, 0.25) is 0 Å². The Morgan fingerprint density at radius 1 is 0.142 bits per heavy atom. The van der Waals surface area contributed by atoms with Crippen molar-refractivity contribution in [2.45, 2.75) is 0 Å². The van der Waals surface area contributed by atoms with Crippen LogP contribution in [0.4, 0.5) is 0 Å². The molecule has 0 spiro atoms. The number of nitrogens with zero attached hydrogens (tertiary/aromatic N) is 19. The van der Waals surface area contributed by atoms with Crippen molar-refractivity contribution in [3.63, 3.8) is 0 Å². The zero-order valence-corrected chi connectivity index (χ0v) is 71.3. The molecule has 0 aliphatic rings. The first-order chi connectivity index (χ1) is 66.4. The molecule has 0 saturated carbocycles. The van der Waals surface area contributed by atoms with Gasteiger partial charge in [0.25, 0.3) is 0 Å². The largest absolute Gasteiger partial charge is 0.264 e. The van der Waals surface area contributed by atoms with Gasteiger partial charge in [-0.1, -0.05) is 261 Å². The van der Waals surface area contributed by atoms with Gasteiger partial charge in [-0.2, -0.15) is 0 Å². The Hall–Kier alpha value is -18.8. The van der Waals surface area contributed by atoms with Crippen molar-refractivity contribution in [1.29, 1.82) is 0 Å². The van der Waals surface area contributed by atoms with Gasteiger partial charge in [0.05, 0.1) is 50.7 Å². The van der Waals surface area contributed by atoms with Crippen LogP contribution in [0.25, 0.3) is 256 Å². The molecule has 26 rings (SSSR count). The highest BCUT2D eigenvalue weighted by Gasteiger charge is 2.24. The molecular formula is C115H69N19. The lowest BCUT2D eigenvalue weighted by Crippen LogP contribution is -2.02. The van der Waals surface area contributed by atoms with Gasteiger partial charge >= 0.3 is 0 Å². The summed E-state index contributed by atoms with van der Waals surface area (Å²) in [4.78, 5) is 91.2. The third kappa shape index (κ3) is 14.8. The number of hydrogen-bond acceptors (Lipinski definition) is 19. The molecule has 0 N–H and O–H groups in total. The standard InChI is InChI=1S/C45H27N5.2C35H21N7/c1-4-16-32-28(11-1)14-9-20-35(32)44-48-43(49-45(50-44)36-21-10-15-29-12-2-5-17-33(29)36)31-24-26-40(46-27-31)42-38-25-23-30-13-3-6-18-34(30)41(38)37-19-7-8-22-39(37)47-42;1-2-10-24-22(9-1)15-17-26-31(24)25-11-3-4-12-27(25)39-32(26)28-18-16-23(21-38-28)33-40-34(29-13-5-7-19-36-29)42-35(41-33)30-14-6-8-20-37-30;1-2-10-26-22(7-1)13-15-28-31(26)27-11-3-4-12-29(27)39-32(28)30-16-14-25(21-38-30)35-41-33(23-8-5-17-36-19-23)40-34(42-35)24-9-6-18-37-20-24/h1-27H;2*1-21H. The van der Waals surface area contributed by atoms with Crippen molar-refractivity contribution < 1.29 is 0 Å². The monoisotopic (exact) mass is 1720 g/mol. The first-order valence-electron chi connectivity index (χ1n) is 43.8. The van der Waals surface area contributed by atoms with Crippen LogP contribution >= 0.6 is 0 Å². The van der Waals surface area contributed by atoms with Gasteiger partial charge in [-0.3, -0.25) is 34.9 Å². The number of aromatic nitrogens is 19. The minimum Gasteiger partial charge on any atom is -0.264 e. The fraction of sp³-hybridized carbons (Fsp3) is 0. The average molecular weight is 1720 g/mol. The van der Waals surface area contributed by atoms with E-state index in [1.54, 1.807) is 49.6 Å². The molecule has 0 atom stereocenters. The summed E-state index contributed by atoms with van der Waals surface area (Å²) in [6.07, 6.45) is 15.8. The normalized spacial score (nSPS) is 11.4. The Morgan fingerprint density at radius 2 is 0.425 bits per heavy atom. The maximum Gasteiger partial charge on any atom is 0.182 e. The first kappa shape index (κ1) is 78.7. The van der Waals surface area contributed by atoms with Crippen LogP contribution < -0.4 is 0 Å². The van der Waals surface area contributed by atoms with Crippen LogP contribution in [0.3, 0.4) is 0 Å². The second kappa shape index (κ2) is 34.1. The van der Waals surface area contributed by atoms with Crippen LogP contribution in [-0.4, -0.2) is 94.7 Å². The molecule has 0 aliphatic heterocycles. The summed E-state index contributed by atoms with van der Waals surface area (Å²) in [6, 6.07) is 123. The van der Waals surface area contributed by atoms with Gasteiger partial charge < -0.3 is 0 Å². The molecule has 13 aromatic heterocycles. The lowest BCUT2D eigenvalue weighted by atomic mass is 9.96. The number of benzene rings is 13. The van der Waals surface area contributed by atoms with Crippen LogP contribution in [0.15, 0.2) is 420 Å². The van der Waals surface area contributed by atoms with Gasteiger partial charge in [0.1, 0.15) is 11.4 Å².